The molecule has 168 valence electrons. The normalized spacial score (nSPS) is 19.2. The Balaban J connectivity index is 1.17. The average molecular weight is 434 g/mol. The van der Waals surface area contributed by atoms with Gasteiger partial charge in [0, 0.05) is 50.0 Å². The van der Waals surface area contributed by atoms with E-state index in [2.05, 4.69) is 28.0 Å². The highest BCUT2D eigenvalue weighted by atomic mass is 16.6. The molecule has 0 bridgehead atoms. The summed E-state index contributed by atoms with van der Waals surface area (Å²) in [4.78, 5) is 31.7. The fourth-order valence-corrected chi connectivity index (χ4v) is 5.15. The van der Waals surface area contributed by atoms with Crippen molar-refractivity contribution in [2.24, 2.45) is 0 Å². The highest BCUT2D eigenvalue weighted by molar-refractivity contribution is 5.99. The predicted octanol–water partition coefficient (Wildman–Crippen LogP) is 4.43. The molecule has 0 N–H and O–H groups in total. The molecule has 32 heavy (non-hydrogen) atoms. The molecule has 2 amide bonds. The first-order valence-corrected chi connectivity index (χ1v) is 11.8. The standard InChI is InChI=1S/C26H31N3O3/c30-25-24-17-23(12-11-21(24)18-29(25)22-9-5-2-6-10-22)27-13-15-28(16-14-27)26(31)32-19-20-7-3-1-4-8-20/h1,3-4,7-8,11-12,17,22H,2,5-6,9-10,13-16,18-19H2. The van der Waals surface area contributed by atoms with Crippen LogP contribution in [0.25, 0.3) is 0 Å². The van der Waals surface area contributed by atoms with Crippen molar-refractivity contribution in [3.63, 3.8) is 0 Å². The Labute approximate surface area is 189 Å². The maximum Gasteiger partial charge on any atom is 0.410 e. The molecule has 2 aromatic rings. The van der Waals surface area contributed by atoms with E-state index in [0.717, 1.165) is 54.9 Å². The summed E-state index contributed by atoms with van der Waals surface area (Å²) in [7, 11) is 0. The van der Waals surface area contributed by atoms with E-state index < -0.39 is 0 Å². The van der Waals surface area contributed by atoms with Gasteiger partial charge in [-0.1, -0.05) is 55.7 Å². The Kier molecular flexibility index (Phi) is 6.02. The number of anilines is 1. The lowest BCUT2D eigenvalue weighted by atomic mass is 9.94. The molecule has 3 aliphatic rings. The van der Waals surface area contributed by atoms with Crippen molar-refractivity contribution < 1.29 is 14.3 Å². The van der Waals surface area contributed by atoms with Crippen LogP contribution in [-0.4, -0.2) is 54.0 Å². The van der Waals surface area contributed by atoms with E-state index in [1.807, 2.05) is 30.3 Å². The van der Waals surface area contributed by atoms with Gasteiger partial charge in [0.2, 0.25) is 0 Å². The molecule has 5 rings (SSSR count). The molecule has 2 heterocycles. The van der Waals surface area contributed by atoms with Gasteiger partial charge in [0.25, 0.3) is 5.91 Å². The molecular formula is C26H31N3O3. The molecule has 6 nitrogen and oxygen atoms in total. The van der Waals surface area contributed by atoms with Crippen molar-refractivity contribution in [3.05, 3.63) is 65.2 Å². The zero-order chi connectivity index (χ0) is 21.9. The van der Waals surface area contributed by atoms with Gasteiger partial charge in [0.05, 0.1) is 0 Å². The van der Waals surface area contributed by atoms with E-state index in [4.69, 9.17) is 4.74 Å². The van der Waals surface area contributed by atoms with Crippen molar-refractivity contribution in [1.82, 2.24) is 9.80 Å². The number of piperazine rings is 1. The van der Waals surface area contributed by atoms with E-state index in [0.29, 0.717) is 25.7 Å². The van der Waals surface area contributed by atoms with Crippen molar-refractivity contribution in [3.8, 4) is 0 Å². The van der Waals surface area contributed by atoms with Gasteiger partial charge in [-0.15, -0.1) is 0 Å². The van der Waals surface area contributed by atoms with E-state index >= 15 is 0 Å². The number of benzene rings is 2. The second-order valence-corrected chi connectivity index (χ2v) is 9.08. The summed E-state index contributed by atoms with van der Waals surface area (Å²) in [6, 6.07) is 16.4. The third-order valence-electron chi connectivity index (χ3n) is 7.05. The lowest BCUT2D eigenvalue weighted by molar-refractivity contribution is 0.0660. The summed E-state index contributed by atoms with van der Waals surface area (Å²) in [5.41, 5.74) is 4.06. The van der Waals surface area contributed by atoms with Crippen LogP contribution in [0.5, 0.6) is 0 Å². The lowest BCUT2D eigenvalue weighted by Crippen LogP contribution is -2.49. The number of ether oxygens (including phenoxy) is 1. The van der Waals surface area contributed by atoms with Crippen molar-refractivity contribution >= 4 is 17.7 Å². The summed E-state index contributed by atoms with van der Waals surface area (Å²) in [6.45, 7) is 3.75. The van der Waals surface area contributed by atoms with Gasteiger partial charge in [0.1, 0.15) is 6.61 Å². The topological polar surface area (TPSA) is 53.1 Å². The first kappa shape index (κ1) is 20.9. The van der Waals surface area contributed by atoms with E-state index in [-0.39, 0.29) is 12.0 Å². The van der Waals surface area contributed by atoms with Gasteiger partial charge in [-0.05, 0) is 36.1 Å². The first-order valence-electron chi connectivity index (χ1n) is 11.8. The zero-order valence-electron chi connectivity index (χ0n) is 18.5. The minimum Gasteiger partial charge on any atom is -0.445 e. The molecule has 0 radical (unpaired) electrons. The second kappa shape index (κ2) is 9.23. The van der Waals surface area contributed by atoms with Crippen LogP contribution >= 0.6 is 0 Å². The summed E-state index contributed by atoms with van der Waals surface area (Å²) in [6.07, 6.45) is 5.76. The van der Waals surface area contributed by atoms with Gasteiger partial charge in [-0.2, -0.15) is 0 Å². The van der Waals surface area contributed by atoms with Crippen LogP contribution in [0, 0.1) is 0 Å². The molecule has 1 saturated heterocycles. The number of nitrogens with zero attached hydrogens (tertiary/aromatic N) is 3. The Hall–Kier alpha value is -3.02. The summed E-state index contributed by atoms with van der Waals surface area (Å²) >= 11 is 0. The van der Waals surface area contributed by atoms with E-state index in [1.54, 1.807) is 4.90 Å². The van der Waals surface area contributed by atoms with Crippen LogP contribution in [0.3, 0.4) is 0 Å². The summed E-state index contributed by atoms with van der Waals surface area (Å²) in [5, 5.41) is 0. The Bertz CT molecular complexity index is 964. The number of carbonyl (C=O) groups is 2. The third kappa shape index (κ3) is 4.31. The lowest BCUT2D eigenvalue weighted by Gasteiger charge is -2.35. The second-order valence-electron chi connectivity index (χ2n) is 9.08. The minimum atomic E-state index is -0.263. The van der Waals surface area contributed by atoms with Crippen LogP contribution in [0.4, 0.5) is 10.5 Å². The monoisotopic (exact) mass is 433 g/mol. The minimum absolute atomic E-state index is 0.192. The molecular weight excluding hydrogens is 402 g/mol. The third-order valence-corrected chi connectivity index (χ3v) is 7.05. The zero-order valence-corrected chi connectivity index (χ0v) is 18.5. The number of fused-ring (bicyclic) bond motifs is 1. The summed E-state index contributed by atoms with van der Waals surface area (Å²) in [5.74, 6) is 0.192. The predicted molar refractivity (Wildman–Crippen MR) is 124 cm³/mol. The Morgan fingerprint density at radius 3 is 2.44 bits per heavy atom. The average Bonchev–Trinajstić information content (AvgIpc) is 3.19. The quantitative estimate of drug-likeness (QED) is 0.716. The van der Waals surface area contributed by atoms with Crippen LogP contribution in [0.15, 0.2) is 48.5 Å². The molecule has 0 spiro atoms. The highest BCUT2D eigenvalue weighted by Gasteiger charge is 2.34. The maximum absolute atomic E-state index is 13.1. The molecule has 2 fully saturated rings. The molecule has 0 atom stereocenters. The molecule has 0 aromatic heterocycles. The fourth-order valence-electron chi connectivity index (χ4n) is 5.15. The SMILES string of the molecule is O=C(OCc1ccccc1)N1CCN(c2ccc3c(c2)C(=O)N(C2CCCCC2)C3)CC1. The highest BCUT2D eigenvalue weighted by Crippen LogP contribution is 2.33. The van der Waals surface area contributed by atoms with Crippen LogP contribution in [0.1, 0.15) is 53.6 Å². The van der Waals surface area contributed by atoms with Gasteiger partial charge in [0.15, 0.2) is 0 Å². The van der Waals surface area contributed by atoms with Crippen molar-refractivity contribution in [2.45, 2.75) is 51.3 Å². The van der Waals surface area contributed by atoms with Crippen LogP contribution in [0.2, 0.25) is 0 Å². The van der Waals surface area contributed by atoms with Crippen LogP contribution < -0.4 is 4.90 Å². The van der Waals surface area contributed by atoms with Crippen molar-refractivity contribution in [1.29, 1.82) is 0 Å². The van der Waals surface area contributed by atoms with Gasteiger partial charge >= 0.3 is 6.09 Å². The van der Waals surface area contributed by atoms with E-state index in [9.17, 15) is 9.59 Å². The van der Waals surface area contributed by atoms with Gasteiger partial charge in [-0.25, -0.2) is 4.79 Å². The Morgan fingerprint density at radius 1 is 0.938 bits per heavy atom. The maximum atomic E-state index is 13.1. The fraction of sp³-hybridized carbons (Fsp3) is 0.462. The number of carbonyl (C=O) groups excluding carboxylic acids is 2. The number of hydrogen-bond acceptors (Lipinski definition) is 4. The molecule has 6 heteroatoms. The van der Waals surface area contributed by atoms with Crippen molar-refractivity contribution in [2.75, 3.05) is 31.1 Å². The molecule has 1 saturated carbocycles. The molecule has 2 aliphatic heterocycles. The molecule has 0 unspecified atom stereocenters. The largest absolute Gasteiger partial charge is 0.445 e. The van der Waals surface area contributed by atoms with E-state index in [1.165, 1.54) is 19.3 Å². The first-order chi connectivity index (χ1) is 15.7. The van der Waals surface area contributed by atoms with Crippen LogP contribution in [-0.2, 0) is 17.9 Å². The number of amides is 2. The summed E-state index contributed by atoms with van der Waals surface area (Å²) < 4.78 is 5.47. The van der Waals surface area contributed by atoms with Gasteiger partial charge in [-0.3, -0.25) is 4.79 Å². The molecule has 2 aromatic carbocycles. The smallest absolute Gasteiger partial charge is 0.410 e. The molecule has 1 aliphatic carbocycles. The number of hydrogen-bond donors (Lipinski definition) is 0. The Morgan fingerprint density at radius 2 is 1.69 bits per heavy atom. The van der Waals surface area contributed by atoms with Gasteiger partial charge < -0.3 is 19.4 Å². The number of rotatable bonds is 4.